The summed E-state index contributed by atoms with van der Waals surface area (Å²) in [5, 5.41) is 1.13. The second-order valence-electron chi connectivity index (χ2n) is 4.79. The van der Waals surface area contributed by atoms with Crippen LogP contribution in [0.2, 0.25) is 0 Å². The van der Waals surface area contributed by atoms with Crippen molar-refractivity contribution in [2.75, 3.05) is 0 Å². The van der Waals surface area contributed by atoms with Crippen LogP contribution in [0.3, 0.4) is 0 Å². The topological polar surface area (TPSA) is 34.2 Å². The van der Waals surface area contributed by atoms with Crippen molar-refractivity contribution in [1.29, 1.82) is 0 Å². The van der Waals surface area contributed by atoms with Crippen molar-refractivity contribution < 1.29 is 9.31 Å². The van der Waals surface area contributed by atoms with Gasteiger partial charge in [-0.2, -0.15) is 0 Å². The number of fused-ring (bicyclic) bond motifs is 1. The molecule has 0 bridgehead atoms. The summed E-state index contributed by atoms with van der Waals surface area (Å²) in [4.78, 5) is 3.18. The molecule has 4 heteroatoms. The van der Waals surface area contributed by atoms with Crippen molar-refractivity contribution >= 4 is 23.5 Å². The molecule has 0 amide bonds. The van der Waals surface area contributed by atoms with Gasteiger partial charge >= 0.3 is 7.12 Å². The molecule has 1 fully saturated rings. The van der Waals surface area contributed by atoms with E-state index >= 15 is 0 Å². The molecular weight excluding hydrogens is 213 g/mol. The van der Waals surface area contributed by atoms with Crippen LogP contribution >= 0.6 is 0 Å². The third-order valence-corrected chi connectivity index (χ3v) is 3.21. The van der Waals surface area contributed by atoms with Crippen LogP contribution in [0.15, 0.2) is 42.8 Å². The van der Waals surface area contributed by atoms with Crippen molar-refractivity contribution in [2.45, 2.75) is 19.4 Å². The summed E-state index contributed by atoms with van der Waals surface area (Å²) in [5.74, 6) is 0.676. The molecular formula is C13H14BNO2. The van der Waals surface area contributed by atoms with Crippen LogP contribution in [-0.2, 0) is 9.31 Å². The maximum Gasteiger partial charge on any atom is 0.564 e. The lowest BCUT2D eigenvalue weighted by molar-refractivity contribution is 0.173. The number of H-pyrrole nitrogens is 1. The Balaban J connectivity index is 2.06. The summed E-state index contributed by atoms with van der Waals surface area (Å²) in [6, 6.07) is 8.09. The van der Waals surface area contributed by atoms with Crippen LogP contribution in [0, 0.1) is 0 Å². The van der Waals surface area contributed by atoms with E-state index in [4.69, 9.17) is 9.31 Å². The minimum Gasteiger partial charge on any atom is -0.534 e. The summed E-state index contributed by atoms with van der Waals surface area (Å²) < 4.78 is 11.6. The predicted molar refractivity (Wildman–Crippen MR) is 69.1 cm³/mol. The first-order valence-electron chi connectivity index (χ1n) is 5.68. The zero-order chi connectivity index (χ0) is 12.0. The van der Waals surface area contributed by atoms with Gasteiger partial charge in [-0.25, -0.2) is 0 Å². The zero-order valence-corrected chi connectivity index (χ0v) is 9.99. The van der Waals surface area contributed by atoms with Gasteiger partial charge in [0.05, 0.1) is 5.76 Å². The van der Waals surface area contributed by atoms with Crippen LogP contribution in [0.5, 0.6) is 0 Å². The van der Waals surface area contributed by atoms with Gasteiger partial charge in [0.2, 0.25) is 0 Å². The monoisotopic (exact) mass is 227 g/mol. The Labute approximate surface area is 101 Å². The Kier molecular flexibility index (Phi) is 2.10. The van der Waals surface area contributed by atoms with E-state index in [1.807, 2.05) is 44.3 Å². The average molecular weight is 227 g/mol. The Bertz CT molecular complexity index is 588. The van der Waals surface area contributed by atoms with E-state index in [2.05, 4.69) is 11.6 Å². The first-order chi connectivity index (χ1) is 8.08. The molecule has 3 nitrogen and oxygen atoms in total. The Morgan fingerprint density at radius 2 is 2.12 bits per heavy atom. The maximum absolute atomic E-state index is 5.89. The van der Waals surface area contributed by atoms with E-state index in [1.165, 1.54) is 0 Å². The van der Waals surface area contributed by atoms with Crippen LogP contribution < -0.4 is 5.46 Å². The molecule has 0 saturated carbocycles. The van der Waals surface area contributed by atoms with Gasteiger partial charge in [0.15, 0.2) is 0 Å². The highest BCUT2D eigenvalue weighted by atomic mass is 16.7. The van der Waals surface area contributed by atoms with E-state index in [0.717, 1.165) is 16.4 Å². The van der Waals surface area contributed by atoms with E-state index in [9.17, 15) is 0 Å². The molecule has 1 aliphatic rings. The Hall–Kier alpha value is -1.68. The van der Waals surface area contributed by atoms with Crippen molar-refractivity contribution in [2.24, 2.45) is 0 Å². The highest BCUT2D eigenvalue weighted by Gasteiger charge is 2.43. The van der Waals surface area contributed by atoms with Crippen molar-refractivity contribution in [3.63, 3.8) is 0 Å². The number of nitrogens with one attached hydrogen (secondary N) is 1. The summed E-state index contributed by atoms with van der Waals surface area (Å²) in [6.07, 6.45) is 1.92. The normalized spacial score (nSPS) is 18.7. The van der Waals surface area contributed by atoms with Gasteiger partial charge < -0.3 is 14.3 Å². The highest BCUT2D eigenvalue weighted by molar-refractivity contribution is 6.65. The molecule has 3 rings (SSSR count). The maximum atomic E-state index is 5.89. The van der Waals surface area contributed by atoms with Crippen molar-refractivity contribution in [1.82, 2.24) is 4.98 Å². The third-order valence-electron chi connectivity index (χ3n) is 3.21. The lowest BCUT2D eigenvalue weighted by atomic mass is 9.77. The van der Waals surface area contributed by atoms with Crippen LogP contribution in [0.1, 0.15) is 13.8 Å². The molecule has 2 aromatic rings. The van der Waals surface area contributed by atoms with Crippen LogP contribution in [0.25, 0.3) is 10.9 Å². The second kappa shape index (κ2) is 3.41. The van der Waals surface area contributed by atoms with Gasteiger partial charge in [0.1, 0.15) is 5.60 Å². The lowest BCUT2D eigenvalue weighted by Crippen LogP contribution is -2.34. The first-order valence-corrected chi connectivity index (χ1v) is 5.68. The fourth-order valence-electron chi connectivity index (χ4n) is 2.07. The Morgan fingerprint density at radius 1 is 1.29 bits per heavy atom. The van der Waals surface area contributed by atoms with Gasteiger partial charge in [-0.05, 0) is 26.0 Å². The Morgan fingerprint density at radius 3 is 2.82 bits per heavy atom. The summed E-state index contributed by atoms with van der Waals surface area (Å²) in [5.41, 5.74) is 1.70. The number of rotatable bonds is 1. The third kappa shape index (κ3) is 1.56. The fourth-order valence-corrected chi connectivity index (χ4v) is 2.07. The number of benzene rings is 1. The van der Waals surface area contributed by atoms with E-state index in [0.29, 0.717) is 5.76 Å². The van der Waals surface area contributed by atoms with Gasteiger partial charge in [0, 0.05) is 22.6 Å². The molecule has 0 aliphatic carbocycles. The fraction of sp³-hybridized carbons (Fsp3) is 0.231. The van der Waals surface area contributed by atoms with E-state index in [-0.39, 0.29) is 7.12 Å². The van der Waals surface area contributed by atoms with Gasteiger partial charge in [-0.3, -0.25) is 0 Å². The van der Waals surface area contributed by atoms with Crippen LogP contribution in [-0.4, -0.2) is 17.7 Å². The minimum absolute atomic E-state index is 0.364. The minimum atomic E-state index is -0.427. The molecule has 0 atom stereocenters. The van der Waals surface area contributed by atoms with Crippen molar-refractivity contribution in [3.8, 4) is 0 Å². The lowest BCUT2D eigenvalue weighted by Gasteiger charge is -2.15. The standard InChI is InChI=1S/C13H14BNO2/c1-9-13(2,3)17-14(16-9)11-5-4-6-12-10(11)7-8-15-12/h4-8,15H,1H2,2-3H3. The molecule has 1 aromatic heterocycles. The number of hydrogen-bond donors (Lipinski definition) is 1. The molecule has 17 heavy (non-hydrogen) atoms. The number of hydrogen-bond acceptors (Lipinski definition) is 2. The molecule has 1 aromatic carbocycles. The average Bonchev–Trinajstić information content (AvgIpc) is 2.83. The van der Waals surface area contributed by atoms with Crippen LogP contribution in [0.4, 0.5) is 0 Å². The predicted octanol–water partition coefficient (Wildman–Crippen LogP) is 2.20. The second-order valence-corrected chi connectivity index (χ2v) is 4.79. The number of aromatic amines is 1. The zero-order valence-electron chi connectivity index (χ0n) is 9.99. The summed E-state index contributed by atoms with van der Waals surface area (Å²) >= 11 is 0. The van der Waals surface area contributed by atoms with Crippen molar-refractivity contribution in [3.05, 3.63) is 42.8 Å². The summed E-state index contributed by atoms with van der Waals surface area (Å²) in [6.45, 7) is 7.83. The van der Waals surface area contributed by atoms with Gasteiger partial charge in [0.25, 0.3) is 0 Å². The molecule has 1 saturated heterocycles. The van der Waals surface area contributed by atoms with Gasteiger partial charge in [-0.15, -0.1) is 0 Å². The largest absolute Gasteiger partial charge is 0.564 e. The molecule has 0 radical (unpaired) electrons. The SMILES string of the molecule is C=C1OB(c2cccc3[nH]ccc23)OC1(C)C. The molecule has 1 N–H and O–H groups in total. The summed E-state index contributed by atoms with van der Waals surface area (Å²) in [7, 11) is -0.364. The first kappa shape index (κ1) is 10.5. The molecule has 0 spiro atoms. The molecule has 0 unspecified atom stereocenters. The molecule has 1 aliphatic heterocycles. The molecule has 2 heterocycles. The highest BCUT2D eigenvalue weighted by Crippen LogP contribution is 2.29. The quantitative estimate of drug-likeness (QED) is 0.757. The van der Waals surface area contributed by atoms with Gasteiger partial charge in [-0.1, -0.05) is 18.7 Å². The van der Waals surface area contributed by atoms with E-state index in [1.54, 1.807) is 0 Å². The molecule has 86 valence electrons. The number of aromatic nitrogens is 1. The van der Waals surface area contributed by atoms with E-state index < -0.39 is 5.60 Å². The smallest absolute Gasteiger partial charge is 0.534 e.